The van der Waals surface area contributed by atoms with E-state index in [0.717, 1.165) is 13.1 Å². The molecule has 1 fully saturated rings. The third-order valence-corrected chi connectivity index (χ3v) is 5.33. The van der Waals surface area contributed by atoms with E-state index < -0.39 is 5.82 Å². The number of rotatable bonds is 6. The molecule has 160 valence electrons. The van der Waals surface area contributed by atoms with Crippen LogP contribution in [0.15, 0.2) is 48.5 Å². The molecule has 3 amide bonds. The molecule has 0 aromatic heterocycles. The number of benzene rings is 2. The second kappa shape index (κ2) is 10.2. The van der Waals surface area contributed by atoms with Gasteiger partial charge in [-0.1, -0.05) is 19.1 Å². The Hall–Kier alpha value is -2.93. The maximum atomic E-state index is 13.3. The van der Waals surface area contributed by atoms with Crippen molar-refractivity contribution in [2.24, 2.45) is 5.92 Å². The van der Waals surface area contributed by atoms with Crippen molar-refractivity contribution in [2.45, 2.75) is 32.7 Å². The molecule has 2 aromatic rings. The summed E-state index contributed by atoms with van der Waals surface area (Å²) < 4.78 is 13.3. The summed E-state index contributed by atoms with van der Waals surface area (Å²) in [6.07, 6.45) is 2.46. The molecule has 1 saturated heterocycles. The van der Waals surface area contributed by atoms with Gasteiger partial charge in [-0.05, 0) is 68.6 Å². The first-order valence-corrected chi connectivity index (χ1v) is 10.4. The van der Waals surface area contributed by atoms with E-state index in [1.165, 1.54) is 31.0 Å². The quantitative estimate of drug-likeness (QED) is 0.662. The first kappa shape index (κ1) is 21.8. The van der Waals surface area contributed by atoms with Crippen LogP contribution in [0.1, 0.15) is 37.0 Å². The molecular formula is C23H29FN4O2. The van der Waals surface area contributed by atoms with Crippen LogP contribution in [-0.4, -0.2) is 42.5 Å². The SMILES string of the molecule is CC1CCCN(C(C)CNC(=O)Nc2cccc(C(=O)Nc3cccc(F)c3)c2)C1. The Morgan fingerprint density at radius 3 is 2.60 bits per heavy atom. The Labute approximate surface area is 176 Å². The Bertz CT molecular complexity index is 889. The minimum Gasteiger partial charge on any atom is -0.336 e. The van der Waals surface area contributed by atoms with Gasteiger partial charge < -0.3 is 16.0 Å². The summed E-state index contributed by atoms with van der Waals surface area (Å²) in [5.74, 6) is -0.109. The van der Waals surface area contributed by atoms with E-state index in [4.69, 9.17) is 0 Å². The largest absolute Gasteiger partial charge is 0.336 e. The van der Waals surface area contributed by atoms with Gasteiger partial charge in [0.25, 0.3) is 5.91 Å². The first-order valence-electron chi connectivity index (χ1n) is 10.4. The van der Waals surface area contributed by atoms with Crippen LogP contribution in [0.4, 0.5) is 20.6 Å². The van der Waals surface area contributed by atoms with E-state index in [-0.39, 0.29) is 18.0 Å². The number of nitrogens with zero attached hydrogens (tertiary/aromatic N) is 1. The lowest BCUT2D eigenvalue weighted by Gasteiger charge is -2.35. The molecule has 1 heterocycles. The number of hydrogen-bond donors (Lipinski definition) is 3. The van der Waals surface area contributed by atoms with Crippen molar-refractivity contribution in [3.8, 4) is 0 Å². The van der Waals surface area contributed by atoms with Crippen LogP contribution in [-0.2, 0) is 0 Å². The molecule has 1 aliphatic heterocycles. The number of anilines is 2. The molecule has 1 aliphatic rings. The van der Waals surface area contributed by atoms with Gasteiger partial charge in [0.1, 0.15) is 5.82 Å². The van der Waals surface area contributed by atoms with E-state index >= 15 is 0 Å². The smallest absolute Gasteiger partial charge is 0.319 e. The summed E-state index contributed by atoms with van der Waals surface area (Å²) in [4.78, 5) is 27.1. The zero-order chi connectivity index (χ0) is 21.5. The number of halogens is 1. The van der Waals surface area contributed by atoms with Gasteiger partial charge in [-0.25, -0.2) is 9.18 Å². The predicted octanol–water partition coefficient (Wildman–Crippen LogP) is 4.32. The molecule has 0 saturated carbocycles. The van der Waals surface area contributed by atoms with E-state index in [0.29, 0.717) is 29.4 Å². The summed E-state index contributed by atoms with van der Waals surface area (Å²) in [5, 5.41) is 8.32. The fourth-order valence-corrected chi connectivity index (χ4v) is 3.68. The average molecular weight is 413 g/mol. The fraction of sp³-hybridized carbons (Fsp3) is 0.391. The molecule has 3 rings (SSSR count). The van der Waals surface area contributed by atoms with E-state index in [9.17, 15) is 14.0 Å². The van der Waals surface area contributed by atoms with Crippen molar-refractivity contribution in [1.29, 1.82) is 0 Å². The molecule has 3 N–H and O–H groups in total. The Balaban J connectivity index is 1.51. The predicted molar refractivity (Wildman–Crippen MR) is 117 cm³/mol. The zero-order valence-electron chi connectivity index (χ0n) is 17.5. The van der Waals surface area contributed by atoms with E-state index in [2.05, 4.69) is 34.7 Å². The highest BCUT2D eigenvalue weighted by Gasteiger charge is 2.21. The van der Waals surface area contributed by atoms with Crippen LogP contribution in [0.25, 0.3) is 0 Å². The highest BCUT2D eigenvalue weighted by atomic mass is 19.1. The lowest BCUT2D eigenvalue weighted by molar-refractivity contribution is 0.102. The number of amides is 3. The first-order chi connectivity index (χ1) is 14.4. The lowest BCUT2D eigenvalue weighted by Crippen LogP contribution is -2.47. The van der Waals surface area contributed by atoms with Gasteiger partial charge in [0.15, 0.2) is 0 Å². The minimum absolute atomic E-state index is 0.266. The highest BCUT2D eigenvalue weighted by molar-refractivity contribution is 6.05. The topological polar surface area (TPSA) is 73.5 Å². The molecule has 2 unspecified atom stereocenters. The van der Waals surface area contributed by atoms with E-state index in [1.807, 2.05) is 0 Å². The van der Waals surface area contributed by atoms with Crippen molar-refractivity contribution in [2.75, 3.05) is 30.3 Å². The standard InChI is InChI=1S/C23H29FN4O2/c1-16-6-5-11-28(15-16)17(2)14-25-23(30)27-20-9-3-7-18(12-20)22(29)26-21-10-4-8-19(24)13-21/h3-4,7-10,12-13,16-17H,5-6,11,14-15H2,1-2H3,(H,26,29)(H2,25,27,30). The maximum absolute atomic E-state index is 13.3. The van der Waals surface area contributed by atoms with Crippen molar-refractivity contribution < 1.29 is 14.0 Å². The number of hydrogen-bond acceptors (Lipinski definition) is 3. The molecule has 7 heteroatoms. The monoisotopic (exact) mass is 412 g/mol. The average Bonchev–Trinajstić information content (AvgIpc) is 2.72. The number of carbonyl (C=O) groups excluding carboxylic acids is 2. The molecule has 0 radical (unpaired) electrons. The number of nitrogens with one attached hydrogen (secondary N) is 3. The molecule has 0 aliphatic carbocycles. The summed E-state index contributed by atoms with van der Waals surface area (Å²) in [6, 6.07) is 12.3. The molecule has 6 nitrogen and oxygen atoms in total. The van der Waals surface area contributed by atoms with Crippen LogP contribution in [0.3, 0.4) is 0 Å². The van der Waals surface area contributed by atoms with Crippen LogP contribution >= 0.6 is 0 Å². The minimum atomic E-state index is -0.423. The number of likely N-dealkylation sites (tertiary alicyclic amines) is 1. The molecular weight excluding hydrogens is 383 g/mol. The van der Waals surface area contributed by atoms with Crippen LogP contribution in [0, 0.1) is 11.7 Å². The van der Waals surface area contributed by atoms with Crippen molar-refractivity contribution in [3.63, 3.8) is 0 Å². The van der Waals surface area contributed by atoms with Gasteiger partial charge in [0.2, 0.25) is 0 Å². The second-order valence-electron chi connectivity index (χ2n) is 7.97. The van der Waals surface area contributed by atoms with Crippen LogP contribution < -0.4 is 16.0 Å². The third-order valence-electron chi connectivity index (χ3n) is 5.33. The summed E-state index contributed by atoms with van der Waals surface area (Å²) in [5.41, 5.74) is 1.25. The fourth-order valence-electron chi connectivity index (χ4n) is 3.68. The van der Waals surface area contributed by atoms with Crippen molar-refractivity contribution in [3.05, 3.63) is 59.9 Å². The zero-order valence-corrected chi connectivity index (χ0v) is 17.5. The Morgan fingerprint density at radius 1 is 1.13 bits per heavy atom. The molecule has 2 aromatic carbocycles. The van der Waals surface area contributed by atoms with Gasteiger partial charge in [0, 0.05) is 36.1 Å². The normalized spacial score (nSPS) is 17.8. The Morgan fingerprint density at radius 2 is 1.87 bits per heavy atom. The van der Waals surface area contributed by atoms with Gasteiger partial charge in [-0.3, -0.25) is 9.69 Å². The van der Waals surface area contributed by atoms with Crippen LogP contribution in [0.5, 0.6) is 0 Å². The number of urea groups is 1. The molecule has 30 heavy (non-hydrogen) atoms. The number of carbonyl (C=O) groups is 2. The molecule has 2 atom stereocenters. The van der Waals surface area contributed by atoms with E-state index in [1.54, 1.807) is 30.3 Å². The van der Waals surface area contributed by atoms with Gasteiger partial charge in [-0.15, -0.1) is 0 Å². The van der Waals surface area contributed by atoms with Gasteiger partial charge in [-0.2, -0.15) is 0 Å². The highest BCUT2D eigenvalue weighted by Crippen LogP contribution is 2.18. The third kappa shape index (κ3) is 6.29. The molecule has 0 spiro atoms. The summed E-state index contributed by atoms with van der Waals surface area (Å²) in [7, 11) is 0. The summed E-state index contributed by atoms with van der Waals surface area (Å²) >= 11 is 0. The van der Waals surface area contributed by atoms with Gasteiger partial charge >= 0.3 is 6.03 Å². The van der Waals surface area contributed by atoms with Crippen molar-refractivity contribution >= 4 is 23.3 Å². The summed E-state index contributed by atoms with van der Waals surface area (Å²) in [6.45, 7) is 7.06. The lowest BCUT2D eigenvalue weighted by atomic mass is 9.99. The Kier molecular flexibility index (Phi) is 7.41. The van der Waals surface area contributed by atoms with Crippen LogP contribution in [0.2, 0.25) is 0 Å². The van der Waals surface area contributed by atoms with Gasteiger partial charge in [0.05, 0.1) is 0 Å². The second-order valence-corrected chi connectivity index (χ2v) is 7.97. The molecule has 0 bridgehead atoms. The van der Waals surface area contributed by atoms with Crippen molar-refractivity contribution in [1.82, 2.24) is 10.2 Å². The maximum Gasteiger partial charge on any atom is 0.319 e. The number of piperidine rings is 1.